The highest BCUT2D eigenvalue weighted by Gasteiger charge is 2.16. The molecule has 1 aromatic heterocycles. The normalized spacial score (nSPS) is 12.0. The molecule has 0 amide bonds. The van der Waals surface area contributed by atoms with Gasteiger partial charge in [0, 0.05) is 16.7 Å². The lowest BCUT2D eigenvalue weighted by molar-refractivity contribution is 1.08. The van der Waals surface area contributed by atoms with Crippen molar-refractivity contribution in [3.8, 4) is 34.2 Å². The summed E-state index contributed by atoms with van der Waals surface area (Å²) in [4.78, 5) is 15.9. The molecule has 0 saturated carbocycles. The molecule has 0 bridgehead atoms. The van der Waals surface area contributed by atoms with E-state index in [-0.39, 0.29) is 0 Å². The van der Waals surface area contributed by atoms with E-state index in [0.717, 1.165) is 16.7 Å². The van der Waals surface area contributed by atoms with E-state index in [0.29, 0.717) is 17.5 Å². The van der Waals surface area contributed by atoms with Crippen molar-refractivity contribution in [3.63, 3.8) is 0 Å². The van der Waals surface area contributed by atoms with Crippen LogP contribution >= 0.6 is 0 Å². The Balaban J connectivity index is 1.05. The fourth-order valence-corrected chi connectivity index (χ4v) is 9.63. The van der Waals surface area contributed by atoms with Crippen molar-refractivity contribution >= 4 is 97.0 Å². The minimum absolute atomic E-state index is 0.641. The third-order valence-electron chi connectivity index (χ3n) is 12.6. The van der Waals surface area contributed by atoms with Crippen LogP contribution in [-0.2, 0) is 0 Å². The van der Waals surface area contributed by atoms with E-state index in [1.165, 1.54) is 97.0 Å². The highest BCUT2D eigenvalue weighted by Crippen LogP contribution is 2.38. The first-order valence-electron chi connectivity index (χ1n) is 20.5. The van der Waals surface area contributed by atoms with Crippen LogP contribution in [0.2, 0.25) is 0 Å². The topological polar surface area (TPSA) is 38.7 Å². The van der Waals surface area contributed by atoms with E-state index in [9.17, 15) is 0 Å². The summed E-state index contributed by atoms with van der Waals surface area (Å²) < 4.78 is 0. The fourth-order valence-electron chi connectivity index (χ4n) is 9.63. The van der Waals surface area contributed by atoms with Crippen LogP contribution in [0, 0.1) is 0 Å². The zero-order valence-corrected chi connectivity index (χ0v) is 32.4. The lowest BCUT2D eigenvalue weighted by Gasteiger charge is -2.13. The van der Waals surface area contributed by atoms with Crippen molar-refractivity contribution in [3.05, 3.63) is 200 Å². The quantitative estimate of drug-likeness (QED) is 0.168. The second-order valence-electron chi connectivity index (χ2n) is 16.0. The van der Waals surface area contributed by atoms with Gasteiger partial charge >= 0.3 is 0 Å². The van der Waals surface area contributed by atoms with Gasteiger partial charge in [-0.2, -0.15) is 0 Å². The lowest BCUT2D eigenvalue weighted by Crippen LogP contribution is -2.00. The maximum atomic E-state index is 5.30. The van der Waals surface area contributed by atoms with E-state index < -0.39 is 0 Å². The van der Waals surface area contributed by atoms with Crippen molar-refractivity contribution in [1.29, 1.82) is 0 Å². The molecule has 60 heavy (non-hydrogen) atoms. The molecule has 3 heteroatoms. The summed E-state index contributed by atoms with van der Waals surface area (Å²) in [5, 5.41) is 21.9. The summed E-state index contributed by atoms with van der Waals surface area (Å²) in [5.41, 5.74) is 2.84. The van der Waals surface area contributed by atoms with Crippen molar-refractivity contribution in [2.75, 3.05) is 0 Å². The molecule has 3 nitrogen and oxygen atoms in total. The first kappa shape index (κ1) is 33.0. The molecule has 0 aliphatic carbocycles. The molecule has 0 aliphatic rings. The summed E-state index contributed by atoms with van der Waals surface area (Å²) in [6.07, 6.45) is 0. The maximum absolute atomic E-state index is 5.30. The molecule has 276 valence electrons. The Labute approximate surface area is 344 Å². The van der Waals surface area contributed by atoms with Crippen molar-refractivity contribution in [2.45, 2.75) is 0 Å². The number of fused-ring (bicyclic) bond motifs is 15. The summed E-state index contributed by atoms with van der Waals surface area (Å²) in [7, 11) is 0. The van der Waals surface area contributed by atoms with E-state index in [1.807, 2.05) is 0 Å². The Kier molecular flexibility index (Phi) is 7.01. The lowest BCUT2D eigenvalue weighted by atomic mass is 9.95. The predicted molar refractivity (Wildman–Crippen MR) is 254 cm³/mol. The molecule has 0 aliphatic heterocycles. The van der Waals surface area contributed by atoms with Crippen molar-refractivity contribution in [1.82, 2.24) is 15.0 Å². The third-order valence-corrected chi connectivity index (χ3v) is 12.6. The molecule has 0 N–H and O–H groups in total. The second-order valence-corrected chi connectivity index (χ2v) is 16.0. The third kappa shape index (κ3) is 5.06. The maximum Gasteiger partial charge on any atom is 0.164 e. The van der Waals surface area contributed by atoms with E-state index in [2.05, 4.69) is 200 Å². The SMILES string of the molecule is c1ccc2c(c1)ccc1c3cc(-c4nc(-c5ccc6ccc7c8ccccc8ccc7c6c5)nc(-c5ccc6ccc7c8ccccc8ccc7c6c5)n4)ccc3ccc21. The van der Waals surface area contributed by atoms with Gasteiger partial charge in [0.2, 0.25) is 0 Å². The molecule has 0 spiro atoms. The summed E-state index contributed by atoms with van der Waals surface area (Å²) >= 11 is 0. The van der Waals surface area contributed by atoms with Gasteiger partial charge in [-0.05, 0) is 115 Å². The van der Waals surface area contributed by atoms with E-state index in [4.69, 9.17) is 15.0 Å². The Bertz CT molecular complexity index is 3540. The fraction of sp³-hybridized carbons (Fsp3) is 0. The van der Waals surface area contributed by atoms with Crippen LogP contribution in [0.15, 0.2) is 200 Å². The van der Waals surface area contributed by atoms with Gasteiger partial charge in [0.1, 0.15) is 0 Å². The van der Waals surface area contributed by atoms with Gasteiger partial charge in [0.05, 0.1) is 0 Å². The Hall–Kier alpha value is -8.01. The minimum atomic E-state index is 0.641. The standard InChI is InChI=1S/C57H33N3/c1-4-10-43-34(7-1)19-28-49-46(43)25-22-37-13-16-40(31-52(37)49)55-58-56(41-17-14-38-23-26-47-44-11-5-2-8-35(44)20-29-50(47)53(38)32-41)60-57(59-55)42-18-15-39-24-27-48-45-12-6-3-9-36(45)21-30-51(48)54(39)33-42/h1-33H. The molecule has 12 aromatic carbocycles. The molecule has 0 radical (unpaired) electrons. The summed E-state index contributed by atoms with van der Waals surface area (Å²) in [6.45, 7) is 0. The monoisotopic (exact) mass is 759 g/mol. The Morgan fingerprint density at radius 2 is 0.417 bits per heavy atom. The van der Waals surface area contributed by atoms with Gasteiger partial charge in [-0.3, -0.25) is 0 Å². The van der Waals surface area contributed by atoms with Crippen LogP contribution in [0.3, 0.4) is 0 Å². The van der Waals surface area contributed by atoms with Crippen LogP contribution in [0.25, 0.3) is 131 Å². The van der Waals surface area contributed by atoms with Gasteiger partial charge in [-0.15, -0.1) is 0 Å². The number of rotatable bonds is 3. The van der Waals surface area contributed by atoms with Crippen LogP contribution in [-0.4, -0.2) is 15.0 Å². The molecule has 13 aromatic rings. The van der Waals surface area contributed by atoms with Crippen molar-refractivity contribution < 1.29 is 0 Å². The van der Waals surface area contributed by atoms with Crippen LogP contribution in [0.5, 0.6) is 0 Å². The van der Waals surface area contributed by atoms with Gasteiger partial charge in [-0.1, -0.05) is 182 Å². The molecular weight excluding hydrogens is 727 g/mol. The molecule has 0 unspecified atom stereocenters. The number of hydrogen-bond acceptors (Lipinski definition) is 3. The highest BCUT2D eigenvalue weighted by atomic mass is 15.0. The largest absolute Gasteiger partial charge is 0.208 e. The zero-order chi connectivity index (χ0) is 39.3. The highest BCUT2D eigenvalue weighted by molar-refractivity contribution is 6.20. The molecule has 0 fully saturated rings. The first-order chi connectivity index (χ1) is 29.7. The molecular formula is C57H33N3. The number of nitrogens with zero attached hydrogens (tertiary/aromatic N) is 3. The van der Waals surface area contributed by atoms with Gasteiger partial charge < -0.3 is 0 Å². The van der Waals surface area contributed by atoms with Crippen LogP contribution in [0.1, 0.15) is 0 Å². The number of benzene rings is 12. The summed E-state index contributed by atoms with van der Waals surface area (Å²) in [6, 6.07) is 72.5. The number of aromatic nitrogens is 3. The second kappa shape index (κ2) is 12.7. The summed E-state index contributed by atoms with van der Waals surface area (Å²) in [5.74, 6) is 1.92. The first-order valence-corrected chi connectivity index (χ1v) is 20.5. The number of hydrogen-bond donors (Lipinski definition) is 0. The zero-order valence-electron chi connectivity index (χ0n) is 32.4. The molecule has 1 heterocycles. The Morgan fingerprint density at radius 3 is 0.717 bits per heavy atom. The van der Waals surface area contributed by atoms with Gasteiger partial charge in [0.15, 0.2) is 17.5 Å². The van der Waals surface area contributed by atoms with Gasteiger partial charge in [-0.25, -0.2) is 15.0 Å². The smallest absolute Gasteiger partial charge is 0.164 e. The van der Waals surface area contributed by atoms with Gasteiger partial charge in [0.25, 0.3) is 0 Å². The predicted octanol–water partition coefficient (Wildman–Crippen LogP) is 15.3. The van der Waals surface area contributed by atoms with Crippen LogP contribution in [0.4, 0.5) is 0 Å². The van der Waals surface area contributed by atoms with E-state index in [1.54, 1.807) is 0 Å². The molecule has 0 saturated heterocycles. The van der Waals surface area contributed by atoms with E-state index >= 15 is 0 Å². The Morgan fingerprint density at radius 1 is 0.183 bits per heavy atom. The average molecular weight is 760 g/mol. The molecule has 0 atom stereocenters. The average Bonchev–Trinajstić information content (AvgIpc) is 3.32. The van der Waals surface area contributed by atoms with Crippen LogP contribution < -0.4 is 0 Å². The minimum Gasteiger partial charge on any atom is -0.208 e. The van der Waals surface area contributed by atoms with Crippen molar-refractivity contribution in [2.24, 2.45) is 0 Å². The molecule has 13 rings (SSSR count).